The fraction of sp³-hybridized carbons (Fsp3) is 0.611. The van der Waals surface area contributed by atoms with Gasteiger partial charge in [-0.3, -0.25) is 0 Å². The van der Waals surface area contributed by atoms with Crippen LogP contribution in [0.5, 0.6) is 0 Å². The average Bonchev–Trinajstić information content (AvgIpc) is 2.46. The van der Waals surface area contributed by atoms with Crippen molar-refractivity contribution in [2.24, 2.45) is 5.92 Å². The van der Waals surface area contributed by atoms with Crippen LogP contribution in [-0.2, 0) is 5.41 Å². The largest absolute Gasteiger partial charge is 0.396 e. The molecule has 0 aliphatic carbocycles. The van der Waals surface area contributed by atoms with Crippen molar-refractivity contribution in [1.82, 2.24) is 10.6 Å². The molecule has 0 saturated heterocycles. The maximum Gasteiger partial charge on any atom is 0.315 e. The summed E-state index contributed by atoms with van der Waals surface area (Å²) < 4.78 is 0. The number of hydrogen-bond donors (Lipinski definition) is 3. The Morgan fingerprint density at radius 3 is 2.45 bits per heavy atom. The summed E-state index contributed by atoms with van der Waals surface area (Å²) in [5.41, 5.74) is 1.29. The van der Waals surface area contributed by atoms with Crippen LogP contribution in [0.25, 0.3) is 0 Å². The summed E-state index contributed by atoms with van der Waals surface area (Å²) in [6.45, 7) is 9.18. The number of nitrogens with one attached hydrogen (secondary N) is 2. The summed E-state index contributed by atoms with van der Waals surface area (Å²) in [6.07, 6.45) is 1.58. The van der Waals surface area contributed by atoms with E-state index in [1.54, 1.807) is 0 Å². The Labute approximate surface area is 134 Å². The molecule has 0 saturated carbocycles. The van der Waals surface area contributed by atoms with Crippen LogP contribution in [0.2, 0.25) is 0 Å². The lowest BCUT2D eigenvalue weighted by Gasteiger charge is -2.29. The number of aliphatic hydroxyl groups is 1. The van der Waals surface area contributed by atoms with Crippen molar-refractivity contribution in [3.05, 3.63) is 35.9 Å². The topological polar surface area (TPSA) is 61.4 Å². The molecule has 0 bridgehead atoms. The van der Waals surface area contributed by atoms with Gasteiger partial charge in [0.25, 0.3) is 0 Å². The van der Waals surface area contributed by atoms with E-state index in [9.17, 15) is 4.79 Å². The van der Waals surface area contributed by atoms with Gasteiger partial charge in [0.1, 0.15) is 0 Å². The lowest BCUT2D eigenvalue weighted by Crippen LogP contribution is -2.44. The van der Waals surface area contributed by atoms with Crippen molar-refractivity contribution < 1.29 is 9.90 Å². The van der Waals surface area contributed by atoms with Gasteiger partial charge in [0.15, 0.2) is 0 Å². The van der Waals surface area contributed by atoms with Crippen LogP contribution in [0.3, 0.4) is 0 Å². The van der Waals surface area contributed by atoms with E-state index >= 15 is 0 Å². The highest BCUT2D eigenvalue weighted by Gasteiger charge is 2.23. The van der Waals surface area contributed by atoms with Crippen molar-refractivity contribution in [3.63, 3.8) is 0 Å². The van der Waals surface area contributed by atoms with E-state index < -0.39 is 0 Å². The quantitative estimate of drug-likeness (QED) is 0.691. The van der Waals surface area contributed by atoms with Gasteiger partial charge in [-0.25, -0.2) is 4.79 Å². The minimum atomic E-state index is -0.138. The van der Waals surface area contributed by atoms with Crippen LogP contribution in [-0.4, -0.2) is 30.3 Å². The highest BCUT2D eigenvalue weighted by atomic mass is 16.3. The molecule has 1 aromatic carbocycles. The van der Waals surface area contributed by atoms with E-state index in [2.05, 4.69) is 36.6 Å². The second-order valence-electron chi connectivity index (χ2n) is 6.83. The minimum Gasteiger partial charge on any atom is -0.396 e. The number of urea groups is 1. The van der Waals surface area contributed by atoms with Gasteiger partial charge in [0.2, 0.25) is 0 Å². The predicted octanol–water partition coefficient (Wildman–Crippen LogP) is 3.06. The smallest absolute Gasteiger partial charge is 0.315 e. The third kappa shape index (κ3) is 6.48. The SMILES string of the molecule is CC(CCO)CNC(=O)NC(C)CC(C)(C)c1ccccc1. The number of rotatable bonds is 8. The first-order chi connectivity index (χ1) is 10.3. The van der Waals surface area contributed by atoms with Crippen LogP contribution in [0.4, 0.5) is 4.79 Å². The van der Waals surface area contributed by atoms with E-state index in [1.807, 2.05) is 32.0 Å². The number of hydrogen-bond acceptors (Lipinski definition) is 2. The van der Waals surface area contributed by atoms with Gasteiger partial charge in [0, 0.05) is 19.2 Å². The minimum absolute atomic E-state index is 0.0120. The number of amides is 2. The molecule has 4 heteroatoms. The highest BCUT2D eigenvalue weighted by Crippen LogP contribution is 2.27. The molecule has 124 valence electrons. The molecule has 22 heavy (non-hydrogen) atoms. The van der Waals surface area contributed by atoms with Crippen molar-refractivity contribution in [1.29, 1.82) is 0 Å². The molecule has 0 aliphatic heterocycles. The van der Waals surface area contributed by atoms with Gasteiger partial charge >= 0.3 is 6.03 Å². The molecular formula is C18H30N2O2. The van der Waals surface area contributed by atoms with Gasteiger partial charge in [-0.05, 0) is 36.7 Å². The summed E-state index contributed by atoms with van der Waals surface area (Å²) in [6, 6.07) is 10.3. The summed E-state index contributed by atoms with van der Waals surface area (Å²) in [5, 5.41) is 14.7. The summed E-state index contributed by atoms with van der Waals surface area (Å²) in [4.78, 5) is 11.9. The van der Waals surface area contributed by atoms with E-state index in [0.717, 1.165) is 6.42 Å². The van der Waals surface area contributed by atoms with Gasteiger partial charge in [-0.15, -0.1) is 0 Å². The number of aliphatic hydroxyl groups excluding tert-OH is 1. The van der Waals surface area contributed by atoms with Gasteiger partial charge in [-0.2, -0.15) is 0 Å². The first-order valence-electron chi connectivity index (χ1n) is 8.06. The first kappa shape index (κ1) is 18.5. The molecule has 4 nitrogen and oxygen atoms in total. The molecular weight excluding hydrogens is 276 g/mol. The van der Waals surface area contributed by atoms with E-state index in [-0.39, 0.29) is 30.0 Å². The molecule has 2 unspecified atom stereocenters. The standard InChI is InChI=1S/C18H30N2O2/c1-14(10-11-21)13-19-17(22)20-15(2)12-18(3,4)16-8-6-5-7-9-16/h5-9,14-15,21H,10-13H2,1-4H3,(H2,19,20,22). The molecule has 2 amide bonds. The zero-order valence-electron chi connectivity index (χ0n) is 14.2. The van der Waals surface area contributed by atoms with Gasteiger partial charge in [0.05, 0.1) is 0 Å². The first-order valence-corrected chi connectivity index (χ1v) is 8.06. The lowest BCUT2D eigenvalue weighted by molar-refractivity contribution is 0.229. The Bertz CT molecular complexity index is 446. The second kappa shape index (κ2) is 8.79. The van der Waals surface area contributed by atoms with Crippen LogP contribution in [0.15, 0.2) is 30.3 Å². The Morgan fingerprint density at radius 2 is 1.86 bits per heavy atom. The summed E-state index contributed by atoms with van der Waals surface area (Å²) in [7, 11) is 0. The maximum absolute atomic E-state index is 11.9. The Hall–Kier alpha value is -1.55. The highest BCUT2D eigenvalue weighted by molar-refractivity contribution is 5.74. The van der Waals surface area contributed by atoms with Crippen molar-refractivity contribution >= 4 is 6.03 Å². The van der Waals surface area contributed by atoms with Crippen molar-refractivity contribution in [3.8, 4) is 0 Å². The van der Waals surface area contributed by atoms with Crippen LogP contribution in [0, 0.1) is 5.92 Å². The molecule has 0 spiro atoms. The monoisotopic (exact) mass is 306 g/mol. The molecule has 0 heterocycles. The molecule has 0 radical (unpaired) electrons. The molecule has 0 aromatic heterocycles. The lowest BCUT2D eigenvalue weighted by atomic mass is 9.79. The van der Waals surface area contributed by atoms with Gasteiger partial charge in [-0.1, -0.05) is 51.1 Å². The Kier molecular flexibility index (Phi) is 7.39. The Balaban J connectivity index is 2.42. The van der Waals surface area contributed by atoms with Crippen LogP contribution in [0.1, 0.15) is 46.1 Å². The van der Waals surface area contributed by atoms with Gasteiger partial charge < -0.3 is 15.7 Å². The van der Waals surface area contributed by atoms with Crippen molar-refractivity contribution in [2.75, 3.05) is 13.2 Å². The van der Waals surface area contributed by atoms with E-state index in [1.165, 1.54) is 5.56 Å². The molecule has 2 atom stereocenters. The predicted molar refractivity (Wildman–Crippen MR) is 90.9 cm³/mol. The normalized spacial score (nSPS) is 14.2. The van der Waals surface area contributed by atoms with Crippen LogP contribution >= 0.6 is 0 Å². The fourth-order valence-electron chi connectivity index (χ4n) is 2.69. The number of benzene rings is 1. The van der Waals surface area contributed by atoms with E-state index in [4.69, 9.17) is 5.11 Å². The summed E-state index contributed by atoms with van der Waals surface area (Å²) in [5.74, 6) is 0.284. The number of carbonyl (C=O) groups excluding carboxylic acids is 1. The zero-order valence-corrected chi connectivity index (χ0v) is 14.2. The average molecular weight is 306 g/mol. The number of carbonyl (C=O) groups is 1. The Morgan fingerprint density at radius 1 is 1.23 bits per heavy atom. The maximum atomic E-state index is 11.9. The summed E-state index contributed by atoms with van der Waals surface area (Å²) >= 11 is 0. The van der Waals surface area contributed by atoms with E-state index in [0.29, 0.717) is 13.0 Å². The third-order valence-electron chi connectivity index (χ3n) is 3.98. The molecule has 1 rings (SSSR count). The molecule has 0 fully saturated rings. The zero-order chi connectivity index (χ0) is 16.6. The molecule has 3 N–H and O–H groups in total. The fourth-order valence-corrected chi connectivity index (χ4v) is 2.69. The van der Waals surface area contributed by atoms with Crippen LogP contribution < -0.4 is 10.6 Å². The third-order valence-corrected chi connectivity index (χ3v) is 3.98. The van der Waals surface area contributed by atoms with Crippen molar-refractivity contribution in [2.45, 2.75) is 52.0 Å². The molecule has 1 aromatic rings. The molecule has 0 aliphatic rings. The second-order valence-corrected chi connectivity index (χ2v) is 6.83.